The fraction of sp³-hybridized carbons (Fsp3) is 0.250. The van der Waals surface area contributed by atoms with E-state index in [1.54, 1.807) is 12.3 Å². The largest absolute Gasteiger partial charge is 0.384 e. The third kappa shape index (κ3) is 1.54. The third-order valence-electron chi connectivity index (χ3n) is 1.78. The number of nitrogens with zero attached hydrogens (tertiary/aromatic N) is 5. The van der Waals surface area contributed by atoms with E-state index in [1.807, 2.05) is 13.0 Å². The second kappa shape index (κ2) is 3.41. The molecule has 0 bridgehead atoms. The number of anilines is 1. The molecule has 0 aliphatic heterocycles. The Morgan fingerprint density at radius 3 is 2.86 bits per heavy atom. The maximum Gasteiger partial charge on any atom is 0.206 e. The van der Waals surface area contributed by atoms with E-state index in [2.05, 4.69) is 20.4 Å². The molecule has 2 aromatic heterocycles. The fourth-order valence-electron chi connectivity index (χ4n) is 1.03. The molecule has 2 N–H and O–H groups in total. The van der Waals surface area contributed by atoms with Gasteiger partial charge in [0.15, 0.2) is 0 Å². The van der Waals surface area contributed by atoms with Crippen LogP contribution in [0.25, 0.3) is 11.4 Å². The number of nitrogen functional groups attached to an aromatic ring is 1. The fourth-order valence-corrected chi connectivity index (χ4v) is 1.03. The molecule has 0 spiro atoms. The van der Waals surface area contributed by atoms with Gasteiger partial charge in [0.1, 0.15) is 5.82 Å². The van der Waals surface area contributed by atoms with E-state index < -0.39 is 0 Å². The van der Waals surface area contributed by atoms with Gasteiger partial charge in [0, 0.05) is 11.8 Å². The van der Waals surface area contributed by atoms with Crippen LogP contribution in [0.3, 0.4) is 0 Å². The highest BCUT2D eigenvalue weighted by molar-refractivity contribution is 5.53. The van der Waals surface area contributed by atoms with Gasteiger partial charge in [-0.15, -0.1) is 10.2 Å². The summed E-state index contributed by atoms with van der Waals surface area (Å²) >= 11 is 0. The van der Waals surface area contributed by atoms with Crippen molar-refractivity contribution in [2.24, 2.45) is 0 Å². The van der Waals surface area contributed by atoms with Crippen LogP contribution in [0.5, 0.6) is 0 Å². The van der Waals surface area contributed by atoms with Crippen LogP contribution in [0.4, 0.5) is 5.82 Å². The van der Waals surface area contributed by atoms with Crippen molar-refractivity contribution >= 4 is 5.82 Å². The van der Waals surface area contributed by atoms with Crippen LogP contribution < -0.4 is 5.73 Å². The minimum absolute atomic E-state index is 0.483. The predicted octanol–water partition coefficient (Wildman–Crippen LogP) is 0.337. The molecular formula is C8H10N6. The Bertz CT molecular complexity index is 418. The first-order chi connectivity index (χ1) is 6.79. The number of aryl methyl sites for hydroxylation is 1. The number of nitrogens with two attached hydrogens (primary N) is 1. The quantitative estimate of drug-likeness (QED) is 0.738. The zero-order valence-electron chi connectivity index (χ0n) is 7.75. The van der Waals surface area contributed by atoms with E-state index in [9.17, 15) is 0 Å². The number of hydrogen-bond acceptors (Lipinski definition) is 5. The first-order valence-corrected chi connectivity index (χ1v) is 4.29. The number of tetrazole rings is 1. The molecule has 0 unspecified atom stereocenters. The van der Waals surface area contributed by atoms with Gasteiger partial charge in [0.2, 0.25) is 5.82 Å². The Morgan fingerprint density at radius 1 is 1.43 bits per heavy atom. The van der Waals surface area contributed by atoms with Crippen LogP contribution in [0, 0.1) is 0 Å². The van der Waals surface area contributed by atoms with Gasteiger partial charge in [-0.1, -0.05) is 0 Å². The summed E-state index contributed by atoms with van der Waals surface area (Å²) in [5.74, 6) is 1.05. The van der Waals surface area contributed by atoms with Gasteiger partial charge < -0.3 is 5.73 Å². The first-order valence-electron chi connectivity index (χ1n) is 4.29. The molecule has 0 saturated carbocycles. The number of hydrogen-bond donors (Lipinski definition) is 1. The van der Waals surface area contributed by atoms with Gasteiger partial charge in [-0.3, -0.25) is 0 Å². The van der Waals surface area contributed by atoms with Crippen molar-refractivity contribution in [2.75, 3.05) is 5.73 Å². The Morgan fingerprint density at radius 2 is 2.29 bits per heavy atom. The maximum absolute atomic E-state index is 5.46. The average molecular weight is 190 g/mol. The second-order valence-electron chi connectivity index (χ2n) is 2.77. The zero-order valence-corrected chi connectivity index (χ0v) is 7.75. The molecule has 6 nitrogen and oxygen atoms in total. The van der Waals surface area contributed by atoms with E-state index in [1.165, 1.54) is 4.80 Å². The van der Waals surface area contributed by atoms with Crippen molar-refractivity contribution in [3.05, 3.63) is 18.3 Å². The van der Waals surface area contributed by atoms with E-state index in [-0.39, 0.29) is 0 Å². The summed E-state index contributed by atoms with van der Waals surface area (Å²) in [5.41, 5.74) is 6.28. The Hall–Kier alpha value is -1.98. The molecule has 6 heteroatoms. The predicted molar refractivity (Wildman–Crippen MR) is 51.1 cm³/mol. The Balaban J connectivity index is 2.34. The lowest BCUT2D eigenvalue weighted by atomic mass is 10.3. The van der Waals surface area contributed by atoms with Gasteiger partial charge in [-0.2, -0.15) is 4.80 Å². The molecule has 0 saturated heterocycles. The molecule has 2 aromatic rings. The normalized spacial score (nSPS) is 10.4. The Labute approximate surface area is 80.8 Å². The standard InChI is InChI=1S/C8H10N6/c1-2-14-12-8(11-13-14)6-3-4-7(9)10-5-6/h3-5H,2H2,1H3,(H2,9,10). The molecule has 0 fully saturated rings. The van der Waals surface area contributed by atoms with Gasteiger partial charge >= 0.3 is 0 Å². The minimum atomic E-state index is 0.483. The van der Waals surface area contributed by atoms with Crippen LogP contribution in [0.15, 0.2) is 18.3 Å². The first kappa shape index (κ1) is 8.61. The molecule has 14 heavy (non-hydrogen) atoms. The summed E-state index contributed by atoms with van der Waals surface area (Å²) in [7, 11) is 0. The second-order valence-corrected chi connectivity index (χ2v) is 2.77. The molecule has 72 valence electrons. The Kier molecular flexibility index (Phi) is 2.10. The molecule has 2 heterocycles. The summed E-state index contributed by atoms with van der Waals surface area (Å²) in [6, 6.07) is 3.53. The highest BCUT2D eigenvalue weighted by atomic mass is 15.6. The van der Waals surface area contributed by atoms with E-state index in [0.717, 1.165) is 5.56 Å². The molecule has 0 aliphatic carbocycles. The number of pyridine rings is 1. The van der Waals surface area contributed by atoms with E-state index >= 15 is 0 Å². The highest BCUT2D eigenvalue weighted by Gasteiger charge is 2.04. The van der Waals surface area contributed by atoms with Crippen LogP contribution >= 0.6 is 0 Å². The number of rotatable bonds is 2. The zero-order chi connectivity index (χ0) is 9.97. The lowest BCUT2D eigenvalue weighted by molar-refractivity contribution is 0.553. The van der Waals surface area contributed by atoms with Crippen LogP contribution in [0.1, 0.15) is 6.92 Å². The van der Waals surface area contributed by atoms with Crippen LogP contribution in [0.2, 0.25) is 0 Å². The smallest absolute Gasteiger partial charge is 0.206 e. The van der Waals surface area contributed by atoms with Crippen molar-refractivity contribution in [1.29, 1.82) is 0 Å². The van der Waals surface area contributed by atoms with Gasteiger partial charge in [0.05, 0.1) is 6.54 Å². The lowest BCUT2D eigenvalue weighted by Crippen LogP contribution is -1.98. The van der Waals surface area contributed by atoms with Crippen molar-refractivity contribution in [3.63, 3.8) is 0 Å². The molecule has 0 aliphatic rings. The lowest BCUT2D eigenvalue weighted by Gasteiger charge is -1.93. The molecular weight excluding hydrogens is 180 g/mol. The summed E-state index contributed by atoms with van der Waals surface area (Å²) in [6.07, 6.45) is 1.63. The van der Waals surface area contributed by atoms with Crippen LogP contribution in [-0.4, -0.2) is 25.2 Å². The maximum atomic E-state index is 5.46. The monoisotopic (exact) mass is 190 g/mol. The van der Waals surface area contributed by atoms with E-state index in [4.69, 9.17) is 5.73 Å². The van der Waals surface area contributed by atoms with E-state index in [0.29, 0.717) is 18.2 Å². The topological polar surface area (TPSA) is 82.5 Å². The van der Waals surface area contributed by atoms with Crippen molar-refractivity contribution in [2.45, 2.75) is 13.5 Å². The van der Waals surface area contributed by atoms with Gasteiger partial charge in [-0.25, -0.2) is 4.98 Å². The molecule has 0 amide bonds. The average Bonchev–Trinajstić information content (AvgIpc) is 2.67. The van der Waals surface area contributed by atoms with Crippen molar-refractivity contribution in [3.8, 4) is 11.4 Å². The molecule has 0 atom stereocenters. The third-order valence-corrected chi connectivity index (χ3v) is 1.78. The van der Waals surface area contributed by atoms with Gasteiger partial charge in [0.25, 0.3) is 0 Å². The van der Waals surface area contributed by atoms with Crippen molar-refractivity contribution in [1.82, 2.24) is 25.2 Å². The van der Waals surface area contributed by atoms with Crippen molar-refractivity contribution < 1.29 is 0 Å². The molecule has 0 aromatic carbocycles. The SMILES string of the molecule is CCn1nnc(-c2ccc(N)nc2)n1. The molecule has 0 radical (unpaired) electrons. The summed E-state index contributed by atoms with van der Waals surface area (Å²) in [6.45, 7) is 2.65. The highest BCUT2D eigenvalue weighted by Crippen LogP contribution is 2.12. The van der Waals surface area contributed by atoms with Crippen LogP contribution in [-0.2, 0) is 6.54 Å². The number of aromatic nitrogens is 5. The minimum Gasteiger partial charge on any atom is -0.384 e. The summed E-state index contributed by atoms with van der Waals surface area (Å²) in [5, 5.41) is 11.9. The van der Waals surface area contributed by atoms with Gasteiger partial charge in [-0.05, 0) is 24.3 Å². The summed E-state index contributed by atoms with van der Waals surface area (Å²) in [4.78, 5) is 5.47. The summed E-state index contributed by atoms with van der Waals surface area (Å²) < 4.78 is 0. The molecule has 2 rings (SSSR count).